The SMILES string of the molecule is CCCNC(C)CC(C)Cc1ccn(C)n1. The van der Waals surface area contributed by atoms with Crippen LogP contribution in [0.4, 0.5) is 0 Å². The molecule has 0 spiro atoms. The third kappa shape index (κ3) is 4.79. The van der Waals surface area contributed by atoms with Crippen LogP contribution < -0.4 is 5.32 Å². The maximum Gasteiger partial charge on any atom is 0.0627 e. The molecule has 0 aromatic carbocycles. The quantitative estimate of drug-likeness (QED) is 0.769. The van der Waals surface area contributed by atoms with Crippen molar-refractivity contribution in [3.05, 3.63) is 18.0 Å². The van der Waals surface area contributed by atoms with E-state index in [1.165, 1.54) is 18.5 Å². The molecule has 0 fully saturated rings. The highest BCUT2D eigenvalue weighted by Gasteiger charge is 2.10. The zero-order valence-electron chi connectivity index (χ0n) is 11.0. The van der Waals surface area contributed by atoms with Gasteiger partial charge in [0.25, 0.3) is 0 Å². The van der Waals surface area contributed by atoms with Crippen molar-refractivity contribution in [3.8, 4) is 0 Å². The summed E-state index contributed by atoms with van der Waals surface area (Å²) in [7, 11) is 1.97. The molecule has 0 saturated heterocycles. The van der Waals surface area contributed by atoms with E-state index >= 15 is 0 Å². The van der Waals surface area contributed by atoms with Gasteiger partial charge in [0.2, 0.25) is 0 Å². The molecular formula is C13H25N3. The van der Waals surface area contributed by atoms with E-state index in [1.54, 1.807) is 0 Å². The predicted octanol–water partition coefficient (Wildman–Crippen LogP) is 2.38. The van der Waals surface area contributed by atoms with Crippen molar-refractivity contribution < 1.29 is 0 Å². The van der Waals surface area contributed by atoms with Gasteiger partial charge in [-0.25, -0.2) is 0 Å². The molecule has 3 heteroatoms. The smallest absolute Gasteiger partial charge is 0.0627 e. The van der Waals surface area contributed by atoms with Gasteiger partial charge in [0, 0.05) is 19.3 Å². The van der Waals surface area contributed by atoms with Crippen LogP contribution in [0.5, 0.6) is 0 Å². The normalized spacial score (nSPS) is 15.0. The summed E-state index contributed by atoms with van der Waals surface area (Å²) in [4.78, 5) is 0. The molecule has 1 heterocycles. The van der Waals surface area contributed by atoms with Crippen LogP contribution in [0.15, 0.2) is 12.3 Å². The van der Waals surface area contributed by atoms with Crippen molar-refractivity contribution in [2.24, 2.45) is 13.0 Å². The van der Waals surface area contributed by atoms with Gasteiger partial charge < -0.3 is 5.32 Å². The molecule has 92 valence electrons. The Kier molecular flexibility index (Phi) is 5.53. The lowest BCUT2D eigenvalue weighted by molar-refractivity contribution is 0.416. The molecule has 0 aliphatic carbocycles. The van der Waals surface area contributed by atoms with Gasteiger partial charge in [0.15, 0.2) is 0 Å². The van der Waals surface area contributed by atoms with Crippen LogP contribution in [0, 0.1) is 5.92 Å². The number of nitrogens with one attached hydrogen (secondary N) is 1. The van der Waals surface area contributed by atoms with E-state index in [1.807, 2.05) is 17.9 Å². The molecule has 0 aliphatic rings. The molecule has 1 aromatic rings. The van der Waals surface area contributed by atoms with Gasteiger partial charge in [0.1, 0.15) is 0 Å². The highest BCUT2D eigenvalue weighted by molar-refractivity contribution is 4.99. The maximum absolute atomic E-state index is 4.42. The van der Waals surface area contributed by atoms with Crippen molar-refractivity contribution in [2.45, 2.75) is 46.1 Å². The van der Waals surface area contributed by atoms with E-state index in [9.17, 15) is 0 Å². The minimum atomic E-state index is 0.610. The molecule has 0 aliphatic heterocycles. The first-order chi connectivity index (χ1) is 7.61. The van der Waals surface area contributed by atoms with Crippen molar-refractivity contribution in [3.63, 3.8) is 0 Å². The third-order valence-electron chi connectivity index (χ3n) is 2.83. The summed E-state index contributed by atoms with van der Waals surface area (Å²) in [5.41, 5.74) is 1.21. The van der Waals surface area contributed by atoms with E-state index < -0.39 is 0 Å². The second-order valence-corrected chi connectivity index (χ2v) is 4.88. The Morgan fingerprint density at radius 2 is 2.19 bits per heavy atom. The Bertz CT molecular complexity index is 293. The van der Waals surface area contributed by atoms with Crippen molar-refractivity contribution in [1.29, 1.82) is 0 Å². The minimum absolute atomic E-state index is 0.610. The standard InChI is InChI=1S/C13H25N3/c1-5-7-14-12(3)9-11(2)10-13-6-8-16(4)15-13/h6,8,11-12,14H,5,7,9-10H2,1-4H3. The van der Waals surface area contributed by atoms with Gasteiger partial charge in [-0.15, -0.1) is 0 Å². The van der Waals surface area contributed by atoms with Gasteiger partial charge >= 0.3 is 0 Å². The third-order valence-corrected chi connectivity index (χ3v) is 2.83. The molecule has 0 bridgehead atoms. The van der Waals surface area contributed by atoms with Crippen LogP contribution in [-0.2, 0) is 13.5 Å². The molecule has 3 nitrogen and oxygen atoms in total. The summed E-state index contributed by atoms with van der Waals surface area (Å²) in [5, 5.41) is 7.94. The van der Waals surface area contributed by atoms with Crippen LogP contribution in [-0.4, -0.2) is 22.4 Å². The van der Waals surface area contributed by atoms with Crippen LogP contribution in [0.25, 0.3) is 0 Å². The lowest BCUT2D eigenvalue weighted by Crippen LogP contribution is -2.28. The van der Waals surface area contributed by atoms with Gasteiger partial charge in [-0.05, 0) is 44.7 Å². The summed E-state index contributed by atoms with van der Waals surface area (Å²) in [5.74, 6) is 0.689. The fourth-order valence-corrected chi connectivity index (χ4v) is 2.09. The fraction of sp³-hybridized carbons (Fsp3) is 0.769. The van der Waals surface area contributed by atoms with E-state index in [4.69, 9.17) is 0 Å². The molecule has 0 saturated carbocycles. The molecule has 2 unspecified atom stereocenters. The molecule has 0 radical (unpaired) electrons. The second kappa shape index (κ2) is 6.69. The first-order valence-electron chi connectivity index (χ1n) is 6.33. The predicted molar refractivity (Wildman–Crippen MR) is 68.4 cm³/mol. The Hall–Kier alpha value is -0.830. The zero-order chi connectivity index (χ0) is 12.0. The number of hydrogen-bond donors (Lipinski definition) is 1. The lowest BCUT2D eigenvalue weighted by atomic mass is 9.98. The molecular weight excluding hydrogens is 198 g/mol. The Morgan fingerprint density at radius 1 is 1.44 bits per heavy atom. The van der Waals surface area contributed by atoms with Crippen LogP contribution in [0.1, 0.15) is 39.3 Å². The first kappa shape index (κ1) is 13.2. The highest BCUT2D eigenvalue weighted by Crippen LogP contribution is 2.12. The number of hydrogen-bond acceptors (Lipinski definition) is 2. The molecule has 1 aromatic heterocycles. The zero-order valence-corrected chi connectivity index (χ0v) is 11.0. The van der Waals surface area contributed by atoms with Gasteiger partial charge in [-0.2, -0.15) is 5.10 Å². The monoisotopic (exact) mass is 223 g/mol. The van der Waals surface area contributed by atoms with Crippen LogP contribution >= 0.6 is 0 Å². The maximum atomic E-state index is 4.42. The first-order valence-corrected chi connectivity index (χ1v) is 6.33. The number of aryl methyl sites for hydroxylation is 1. The second-order valence-electron chi connectivity index (χ2n) is 4.88. The topological polar surface area (TPSA) is 29.9 Å². The molecule has 16 heavy (non-hydrogen) atoms. The minimum Gasteiger partial charge on any atom is -0.314 e. The number of nitrogens with zero attached hydrogens (tertiary/aromatic N) is 2. The van der Waals surface area contributed by atoms with Crippen LogP contribution in [0.2, 0.25) is 0 Å². The summed E-state index contributed by atoms with van der Waals surface area (Å²) >= 11 is 0. The van der Waals surface area contributed by atoms with E-state index in [2.05, 4.69) is 37.3 Å². The number of rotatable bonds is 7. The summed E-state index contributed by atoms with van der Waals surface area (Å²) in [6.45, 7) is 7.90. The summed E-state index contributed by atoms with van der Waals surface area (Å²) in [6, 6.07) is 2.72. The average molecular weight is 223 g/mol. The fourth-order valence-electron chi connectivity index (χ4n) is 2.09. The number of aromatic nitrogens is 2. The van der Waals surface area contributed by atoms with E-state index in [0.29, 0.717) is 12.0 Å². The Morgan fingerprint density at radius 3 is 2.75 bits per heavy atom. The average Bonchev–Trinajstić information content (AvgIpc) is 2.60. The Balaban J connectivity index is 2.27. The highest BCUT2D eigenvalue weighted by atomic mass is 15.2. The molecule has 1 N–H and O–H groups in total. The summed E-state index contributed by atoms with van der Waals surface area (Å²) < 4.78 is 1.88. The molecule has 0 amide bonds. The van der Waals surface area contributed by atoms with Gasteiger partial charge in [-0.1, -0.05) is 13.8 Å². The summed E-state index contributed by atoms with van der Waals surface area (Å²) in [6.07, 6.45) is 5.52. The van der Waals surface area contributed by atoms with E-state index in [-0.39, 0.29) is 0 Å². The van der Waals surface area contributed by atoms with Crippen molar-refractivity contribution >= 4 is 0 Å². The molecule has 2 atom stereocenters. The Labute approximate surface area is 99.2 Å². The van der Waals surface area contributed by atoms with Crippen LogP contribution in [0.3, 0.4) is 0 Å². The van der Waals surface area contributed by atoms with Crippen molar-refractivity contribution in [2.75, 3.05) is 6.54 Å². The van der Waals surface area contributed by atoms with Crippen molar-refractivity contribution in [1.82, 2.24) is 15.1 Å². The van der Waals surface area contributed by atoms with E-state index in [0.717, 1.165) is 13.0 Å². The van der Waals surface area contributed by atoms with Gasteiger partial charge in [0.05, 0.1) is 5.69 Å². The largest absolute Gasteiger partial charge is 0.314 e. The lowest BCUT2D eigenvalue weighted by Gasteiger charge is -2.17. The molecule has 1 rings (SSSR count). The van der Waals surface area contributed by atoms with Gasteiger partial charge in [-0.3, -0.25) is 4.68 Å².